The Labute approximate surface area is 126 Å². The molecule has 0 aliphatic carbocycles. The number of hydrogen-bond acceptors (Lipinski definition) is 3. The summed E-state index contributed by atoms with van der Waals surface area (Å²) in [5, 5.41) is 3.30. The van der Waals surface area contributed by atoms with E-state index in [0.717, 1.165) is 18.0 Å². The quantitative estimate of drug-likeness (QED) is 0.864. The number of anilines is 1. The minimum absolute atomic E-state index is 0.114. The van der Waals surface area contributed by atoms with Gasteiger partial charge in [0.05, 0.1) is 12.2 Å². The number of ether oxygens (including phenoxy) is 1. The first-order valence-corrected chi connectivity index (χ1v) is 7.86. The summed E-state index contributed by atoms with van der Waals surface area (Å²) in [5.74, 6) is 1.99. The molecule has 0 bridgehead atoms. The van der Waals surface area contributed by atoms with Gasteiger partial charge in [-0.3, -0.25) is 4.79 Å². The van der Waals surface area contributed by atoms with E-state index in [4.69, 9.17) is 4.74 Å². The molecular formula is C17H24N2O2. The van der Waals surface area contributed by atoms with E-state index in [0.29, 0.717) is 18.4 Å². The maximum atomic E-state index is 12.8. The van der Waals surface area contributed by atoms with Gasteiger partial charge in [-0.05, 0) is 37.3 Å². The lowest BCUT2D eigenvalue weighted by atomic mass is 9.85. The largest absolute Gasteiger partial charge is 0.477 e. The molecule has 1 saturated heterocycles. The third kappa shape index (κ3) is 2.71. The van der Waals surface area contributed by atoms with Gasteiger partial charge in [0.15, 0.2) is 6.10 Å². The fourth-order valence-electron chi connectivity index (χ4n) is 3.44. The fraction of sp³-hybridized carbons (Fsp3) is 0.588. The highest BCUT2D eigenvalue weighted by molar-refractivity contribution is 5.83. The summed E-state index contributed by atoms with van der Waals surface area (Å²) in [6.45, 7) is 7.99. The topological polar surface area (TPSA) is 41.6 Å². The molecule has 21 heavy (non-hydrogen) atoms. The highest BCUT2D eigenvalue weighted by Crippen LogP contribution is 2.31. The normalized spacial score (nSPS) is 31.9. The molecule has 0 saturated carbocycles. The molecule has 4 heteroatoms. The summed E-state index contributed by atoms with van der Waals surface area (Å²) in [6.07, 6.45) is 0.775. The predicted octanol–water partition coefficient (Wildman–Crippen LogP) is 2.75. The lowest BCUT2D eigenvalue weighted by Crippen LogP contribution is -2.55. The molecule has 0 aromatic heterocycles. The van der Waals surface area contributed by atoms with Crippen LogP contribution in [0, 0.1) is 11.8 Å². The van der Waals surface area contributed by atoms with Crippen LogP contribution < -0.4 is 10.1 Å². The molecule has 1 aromatic carbocycles. The summed E-state index contributed by atoms with van der Waals surface area (Å²) >= 11 is 0. The van der Waals surface area contributed by atoms with E-state index in [9.17, 15) is 4.79 Å². The first-order chi connectivity index (χ1) is 10.1. The minimum atomic E-state index is -0.417. The molecule has 2 aliphatic heterocycles. The van der Waals surface area contributed by atoms with Crippen molar-refractivity contribution in [3.05, 3.63) is 24.3 Å². The van der Waals surface area contributed by atoms with Gasteiger partial charge in [-0.1, -0.05) is 26.0 Å². The van der Waals surface area contributed by atoms with E-state index in [1.165, 1.54) is 6.42 Å². The van der Waals surface area contributed by atoms with Gasteiger partial charge in [-0.2, -0.15) is 0 Å². The van der Waals surface area contributed by atoms with Gasteiger partial charge < -0.3 is 15.0 Å². The van der Waals surface area contributed by atoms with Gasteiger partial charge >= 0.3 is 0 Å². The van der Waals surface area contributed by atoms with Crippen LogP contribution in [0.5, 0.6) is 5.75 Å². The standard InChI is InChI=1S/C17H24N2O2/c1-11-8-12(2)13(3)19(10-11)17(20)16-9-18-14-6-4-5-7-15(14)21-16/h4-7,11-13,16,18H,8-10H2,1-3H3. The third-order valence-corrected chi connectivity index (χ3v) is 4.79. The Bertz CT molecular complexity index is 531. The highest BCUT2D eigenvalue weighted by atomic mass is 16.5. The highest BCUT2D eigenvalue weighted by Gasteiger charge is 2.37. The molecule has 0 radical (unpaired) electrons. The zero-order valence-corrected chi connectivity index (χ0v) is 13.0. The van der Waals surface area contributed by atoms with Crippen molar-refractivity contribution in [3.63, 3.8) is 0 Å². The minimum Gasteiger partial charge on any atom is -0.477 e. The summed E-state index contributed by atoms with van der Waals surface area (Å²) in [4.78, 5) is 14.8. The first-order valence-electron chi connectivity index (χ1n) is 7.86. The lowest BCUT2D eigenvalue weighted by molar-refractivity contribution is -0.144. The number of rotatable bonds is 1. The zero-order chi connectivity index (χ0) is 15.0. The van der Waals surface area contributed by atoms with Crippen molar-refractivity contribution in [1.29, 1.82) is 0 Å². The van der Waals surface area contributed by atoms with Crippen LogP contribution in [0.25, 0.3) is 0 Å². The zero-order valence-electron chi connectivity index (χ0n) is 13.0. The Balaban J connectivity index is 1.74. The molecule has 1 fully saturated rings. The number of nitrogens with zero attached hydrogens (tertiary/aromatic N) is 1. The van der Waals surface area contributed by atoms with Gasteiger partial charge in [0.1, 0.15) is 5.75 Å². The molecule has 1 aromatic rings. The second-order valence-electron chi connectivity index (χ2n) is 6.53. The smallest absolute Gasteiger partial charge is 0.265 e. The van der Waals surface area contributed by atoms with Gasteiger partial charge in [-0.25, -0.2) is 0 Å². The number of carbonyl (C=O) groups is 1. The van der Waals surface area contributed by atoms with Crippen LogP contribution >= 0.6 is 0 Å². The summed E-state index contributed by atoms with van der Waals surface area (Å²) < 4.78 is 5.91. The number of para-hydroxylation sites is 2. The Morgan fingerprint density at radius 2 is 2.05 bits per heavy atom. The number of benzene rings is 1. The van der Waals surface area contributed by atoms with Gasteiger partial charge in [-0.15, -0.1) is 0 Å². The Hall–Kier alpha value is -1.71. The summed E-state index contributed by atoms with van der Waals surface area (Å²) in [5.41, 5.74) is 0.968. The number of nitrogens with one attached hydrogen (secondary N) is 1. The van der Waals surface area contributed by atoms with E-state index >= 15 is 0 Å². The Morgan fingerprint density at radius 1 is 1.29 bits per heavy atom. The predicted molar refractivity (Wildman–Crippen MR) is 83.5 cm³/mol. The third-order valence-electron chi connectivity index (χ3n) is 4.79. The second-order valence-corrected chi connectivity index (χ2v) is 6.53. The van der Waals surface area contributed by atoms with Crippen molar-refractivity contribution in [3.8, 4) is 5.75 Å². The SMILES string of the molecule is CC1CC(C)C(C)N(C(=O)C2CNc3ccccc3O2)C1. The van der Waals surface area contributed by atoms with Crippen LogP contribution in [0.4, 0.5) is 5.69 Å². The van der Waals surface area contributed by atoms with Gasteiger partial charge in [0, 0.05) is 12.6 Å². The number of amides is 1. The van der Waals surface area contributed by atoms with Gasteiger partial charge in [0.25, 0.3) is 5.91 Å². The second kappa shape index (κ2) is 5.58. The van der Waals surface area contributed by atoms with Crippen molar-refractivity contribution >= 4 is 11.6 Å². The molecule has 3 rings (SSSR count). The maximum Gasteiger partial charge on any atom is 0.265 e. The molecule has 2 aliphatic rings. The molecule has 2 heterocycles. The van der Waals surface area contributed by atoms with Gasteiger partial charge in [0.2, 0.25) is 0 Å². The number of carbonyl (C=O) groups excluding carboxylic acids is 1. The van der Waals surface area contributed by atoms with Crippen LogP contribution in [0.3, 0.4) is 0 Å². The number of piperidine rings is 1. The van der Waals surface area contributed by atoms with Crippen molar-refractivity contribution in [2.45, 2.75) is 39.3 Å². The van der Waals surface area contributed by atoms with E-state index < -0.39 is 6.10 Å². The van der Waals surface area contributed by atoms with Crippen LogP contribution in [-0.4, -0.2) is 36.0 Å². The van der Waals surface area contributed by atoms with Crippen molar-refractivity contribution in [2.24, 2.45) is 11.8 Å². The van der Waals surface area contributed by atoms with Crippen molar-refractivity contribution < 1.29 is 9.53 Å². The van der Waals surface area contributed by atoms with Crippen molar-refractivity contribution in [1.82, 2.24) is 4.90 Å². The van der Waals surface area contributed by atoms with E-state index in [2.05, 4.69) is 26.1 Å². The molecule has 0 spiro atoms. The molecule has 114 valence electrons. The molecular weight excluding hydrogens is 264 g/mol. The Kier molecular flexibility index (Phi) is 3.79. The average Bonchev–Trinajstić information content (AvgIpc) is 2.49. The summed E-state index contributed by atoms with van der Waals surface area (Å²) in [6, 6.07) is 8.07. The van der Waals surface area contributed by atoms with E-state index in [1.807, 2.05) is 29.2 Å². The molecule has 1 N–H and O–H groups in total. The maximum absolute atomic E-state index is 12.8. The number of fused-ring (bicyclic) bond motifs is 1. The lowest BCUT2D eigenvalue weighted by Gasteiger charge is -2.43. The number of likely N-dealkylation sites (tertiary alicyclic amines) is 1. The van der Waals surface area contributed by atoms with Crippen LogP contribution in [0.1, 0.15) is 27.2 Å². The van der Waals surface area contributed by atoms with Crippen LogP contribution in [-0.2, 0) is 4.79 Å². The molecule has 4 nitrogen and oxygen atoms in total. The van der Waals surface area contributed by atoms with Crippen LogP contribution in [0.2, 0.25) is 0 Å². The van der Waals surface area contributed by atoms with Crippen LogP contribution in [0.15, 0.2) is 24.3 Å². The molecule has 4 atom stereocenters. The van der Waals surface area contributed by atoms with E-state index in [1.54, 1.807) is 0 Å². The summed E-state index contributed by atoms with van der Waals surface area (Å²) in [7, 11) is 0. The molecule has 1 amide bonds. The molecule has 4 unspecified atom stereocenters. The number of hydrogen-bond donors (Lipinski definition) is 1. The Morgan fingerprint density at radius 3 is 2.86 bits per heavy atom. The van der Waals surface area contributed by atoms with E-state index in [-0.39, 0.29) is 11.9 Å². The fourth-order valence-corrected chi connectivity index (χ4v) is 3.44. The monoisotopic (exact) mass is 288 g/mol. The first kappa shape index (κ1) is 14.2. The average molecular weight is 288 g/mol. The van der Waals surface area contributed by atoms with Crippen molar-refractivity contribution in [2.75, 3.05) is 18.4 Å².